The fourth-order valence-electron chi connectivity index (χ4n) is 3.53. The Bertz CT molecular complexity index is 590. The van der Waals surface area contributed by atoms with Crippen molar-refractivity contribution in [2.75, 3.05) is 19.6 Å². The first-order valence-corrected chi connectivity index (χ1v) is 8.83. The van der Waals surface area contributed by atoms with E-state index in [-0.39, 0.29) is 11.4 Å². The molecule has 5 nitrogen and oxygen atoms in total. The first-order chi connectivity index (χ1) is 10.3. The van der Waals surface area contributed by atoms with Crippen LogP contribution in [0.2, 0.25) is 0 Å². The molecule has 3 rings (SSSR count). The van der Waals surface area contributed by atoms with Crippen molar-refractivity contribution in [3.05, 3.63) is 15.9 Å². The Morgan fingerprint density at radius 1 is 1.32 bits per heavy atom. The number of amides is 1. The summed E-state index contributed by atoms with van der Waals surface area (Å²) < 4.78 is 3.13. The smallest absolute Gasteiger partial charge is 0.219 e. The molecule has 0 N–H and O–H groups in total. The van der Waals surface area contributed by atoms with Crippen LogP contribution >= 0.6 is 15.9 Å². The number of halogens is 1. The maximum absolute atomic E-state index is 11.6. The Kier molecular flexibility index (Phi) is 4.10. The van der Waals surface area contributed by atoms with E-state index in [0.29, 0.717) is 12.6 Å². The number of hydrogen-bond acceptors (Lipinski definition) is 3. The van der Waals surface area contributed by atoms with Crippen LogP contribution < -0.4 is 0 Å². The average Bonchev–Trinajstić information content (AvgIpc) is 3.03. The number of rotatable bonds is 1. The van der Waals surface area contributed by atoms with Crippen molar-refractivity contribution in [1.29, 1.82) is 0 Å². The second-order valence-corrected chi connectivity index (χ2v) is 8.16. The zero-order valence-electron chi connectivity index (χ0n) is 13.9. The number of aromatic nitrogens is 2. The molecule has 0 saturated carbocycles. The molecule has 1 amide bonds. The molecule has 0 aromatic carbocycles. The van der Waals surface area contributed by atoms with Crippen LogP contribution in [0.5, 0.6) is 0 Å². The molecule has 0 radical (unpaired) electrons. The number of likely N-dealkylation sites (tertiary alicyclic amines) is 1. The van der Waals surface area contributed by atoms with Gasteiger partial charge < -0.3 is 4.90 Å². The van der Waals surface area contributed by atoms with Crippen LogP contribution in [0.15, 0.2) is 4.60 Å². The molecule has 122 valence electrons. The molecule has 6 heteroatoms. The molecular formula is C16H25BrN4O. The highest BCUT2D eigenvalue weighted by molar-refractivity contribution is 9.10. The second-order valence-electron chi connectivity index (χ2n) is 7.41. The van der Waals surface area contributed by atoms with E-state index in [2.05, 4.69) is 46.3 Å². The molecule has 1 atom stereocenters. The lowest BCUT2D eigenvalue weighted by Crippen LogP contribution is -2.40. The van der Waals surface area contributed by atoms with Gasteiger partial charge in [-0.2, -0.15) is 5.10 Å². The van der Waals surface area contributed by atoms with Crippen LogP contribution in [0.4, 0.5) is 0 Å². The normalized spacial score (nSPS) is 23.0. The summed E-state index contributed by atoms with van der Waals surface area (Å²) in [7, 11) is 0. The molecule has 3 heterocycles. The predicted octanol–water partition coefficient (Wildman–Crippen LogP) is 2.60. The summed E-state index contributed by atoms with van der Waals surface area (Å²) in [6, 6.07) is 0.447. The van der Waals surface area contributed by atoms with Crippen molar-refractivity contribution in [1.82, 2.24) is 19.6 Å². The molecule has 0 bridgehead atoms. The minimum absolute atomic E-state index is 0.144. The summed E-state index contributed by atoms with van der Waals surface area (Å²) in [5, 5.41) is 4.75. The molecule has 1 unspecified atom stereocenters. The number of hydrogen-bond donors (Lipinski definition) is 0. The fourth-order valence-corrected chi connectivity index (χ4v) is 4.05. The van der Waals surface area contributed by atoms with E-state index in [0.717, 1.165) is 37.1 Å². The van der Waals surface area contributed by atoms with E-state index >= 15 is 0 Å². The van der Waals surface area contributed by atoms with E-state index in [1.54, 1.807) is 6.92 Å². The highest BCUT2D eigenvalue weighted by Gasteiger charge is 2.34. The van der Waals surface area contributed by atoms with E-state index in [1.165, 1.54) is 11.3 Å². The van der Waals surface area contributed by atoms with Crippen LogP contribution in [0.3, 0.4) is 0 Å². The predicted molar refractivity (Wildman–Crippen MR) is 89.7 cm³/mol. The molecule has 2 aliphatic heterocycles. The van der Waals surface area contributed by atoms with E-state index in [9.17, 15) is 4.79 Å². The number of carbonyl (C=O) groups excluding carboxylic acids is 1. The van der Waals surface area contributed by atoms with E-state index in [1.807, 2.05) is 4.90 Å². The Labute approximate surface area is 140 Å². The highest BCUT2D eigenvalue weighted by Crippen LogP contribution is 2.33. The van der Waals surface area contributed by atoms with Crippen LogP contribution in [0.25, 0.3) is 0 Å². The van der Waals surface area contributed by atoms with Crippen molar-refractivity contribution in [2.24, 2.45) is 0 Å². The Morgan fingerprint density at radius 3 is 2.64 bits per heavy atom. The minimum atomic E-state index is 0.144. The fraction of sp³-hybridized carbons (Fsp3) is 0.750. The summed E-state index contributed by atoms with van der Waals surface area (Å²) in [6.07, 6.45) is 2.05. The largest absolute Gasteiger partial charge is 0.338 e. The maximum Gasteiger partial charge on any atom is 0.219 e. The van der Waals surface area contributed by atoms with E-state index in [4.69, 9.17) is 5.10 Å². The van der Waals surface area contributed by atoms with Crippen molar-refractivity contribution >= 4 is 21.8 Å². The Balaban J connectivity index is 1.83. The zero-order chi connectivity index (χ0) is 16.1. The standard InChI is InChI=1S/C16H25BrN4O/c1-11(22)19-7-6-14-13(10-19)15(17)18-21(14)12-5-8-20(9-12)16(2,3)4/h12H,5-10H2,1-4H3. The molecular weight excluding hydrogens is 344 g/mol. The molecule has 1 fully saturated rings. The van der Waals surface area contributed by atoms with Gasteiger partial charge in [0, 0.05) is 49.8 Å². The number of fused-ring (bicyclic) bond motifs is 1. The number of nitrogens with zero attached hydrogens (tertiary/aromatic N) is 4. The number of carbonyl (C=O) groups is 1. The van der Waals surface area contributed by atoms with Gasteiger partial charge in [-0.25, -0.2) is 0 Å². The molecule has 0 aliphatic carbocycles. The first kappa shape index (κ1) is 16.0. The summed E-state index contributed by atoms with van der Waals surface area (Å²) in [6.45, 7) is 12.1. The van der Waals surface area contributed by atoms with E-state index < -0.39 is 0 Å². The van der Waals surface area contributed by atoms with Crippen LogP contribution in [0.1, 0.15) is 51.4 Å². The maximum atomic E-state index is 11.6. The van der Waals surface area contributed by atoms with Crippen LogP contribution in [0, 0.1) is 0 Å². The molecule has 1 aromatic heterocycles. The monoisotopic (exact) mass is 368 g/mol. The van der Waals surface area contributed by atoms with Crippen molar-refractivity contribution in [2.45, 2.75) is 58.7 Å². The molecule has 0 spiro atoms. The molecule has 22 heavy (non-hydrogen) atoms. The van der Waals surface area contributed by atoms with Gasteiger partial charge in [0.25, 0.3) is 0 Å². The second kappa shape index (κ2) is 5.64. The molecule has 1 aromatic rings. The lowest BCUT2D eigenvalue weighted by Gasteiger charge is -2.32. The lowest BCUT2D eigenvalue weighted by molar-refractivity contribution is -0.129. The van der Waals surface area contributed by atoms with Gasteiger partial charge in [0.2, 0.25) is 5.91 Å². The van der Waals surface area contributed by atoms with Crippen molar-refractivity contribution < 1.29 is 4.79 Å². The third kappa shape index (κ3) is 2.83. The van der Waals surface area contributed by atoms with Gasteiger partial charge >= 0.3 is 0 Å². The topological polar surface area (TPSA) is 41.4 Å². The van der Waals surface area contributed by atoms with Gasteiger partial charge in [-0.1, -0.05) is 0 Å². The molecule has 2 aliphatic rings. The average molecular weight is 369 g/mol. The summed E-state index contributed by atoms with van der Waals surface area (Å²) >= 11 is 3.60. The van der Waals surface area contributed by atoms with Gasteiger partial charge in [-0.15, -0.1) is 0 Å². The van der Waals surface area contributed by atoms with Crippen LogP contribution in [-0.4, -0.2) is 50.7 Å². The van der Waals surface area contributed by atoms with Gasteiger partial charge in [0.1, 0.15) is 4.60 Å². The van der Waals surface area contributed by atoms with Crippen LogP contribution in [-0.2, 0) is 17.8 Å². The third-order valence-corrected chi connectivity index (χ3v) is 5.58. The Morgan fingerprint density at radius 2 is 2.05 bits per heavy atom. The minimum Gasteiger partial charge on any atom is -0.338 e. The zero-order valence-corrected chi connectivity index (χ0v) is 15.5. The SMILES string of the molecule is CC(=O)N1CCc2c(c(Br)nn2C2CCN(C(C)(C)C)C2)C1. The summed E-state index contributed by atoms with van der Waals surface area (Å²) in [5.74, 6) is 0.144. The van der Waals surface area contributed by atoms with Gasteiger partial charge in [0.05, 0.1) is 12.6 Å². The van der Waals surface area contributed by atoms with Crippen molar-refractivity contribution in [3.63, 3.8) is 0 Å². The molecule has 1 saturated heterocycles. The third-order valence-electron chi connectivity index (χ3n) is 4.94. The van der Waals surface area contributed by atoms with Gasteiger partial charge in [-0.3, -0.25) is 14.4 Å². The lowest BCUT2D eigenvalue weighted by atomic mass is 10.1. The highest BCUT2D eigenvalue weighted by atomic mass is 79.9. The van der Waals surface area contributed by atoms with Crippen molar-refractivity contribution in [3.8, 4) is 0 Å². The van der Waals surface area contributed by atoms with Gasteiger partial charge in [-0.05, 0) is 43.1 Å². The summed E-state index contributed by atoms with van der Waals surface area (Å²) in [5.41, 5.74) is 2.71. The summed E-state index contributed by atoms with van der Waals surface area (Å²) in [4.78, 5) is 16.0. The quantitative estimate of drug-likeness (QED) is 0.764. The Hall–Kier alpha value is -0.880. The first-order valence-electron chi connectivity index (χ1n) is 8.03. The van der Waals surface area contributed by atoms with Gasteiger partial charge in [0.15, 0.2) is 0 Å².